The van der Waals surface area contributed by atoms with Crippen LogP contribution in [-0.2, 0) is 23.9 Å². The molecule has 16 heavy (non-hydrogen) atoms. The average Bonchev–Trinajstić information content (AvgIpc) is 2.26. The molecule has 6 heteroatoms. The lowest BCUT2D eigenvalue weighted by molar-refractivity contribution is -0.183. The summed E-state index contributed by atoms with van der Waals surface area (Å²) in [6.07, 6.45) is -0.920. The van der Waals surface area contributed by atoms with Gasteiger partial charge in [0, 0.05) is 11.6 Å². The second-order valence-electron chi connectivity index (χ2n) is 3.22. The van der Waals surface area contributed by atoms with Gasteiger partial charge in [-0.05, 0) is 6.92 Å². The Balaban J connectivity index is 2.72. The van der Waals surface area contributed by atoms with E-state index in [2.05, 4.69) is 16.1 Å². The zero-order valence-corrected chi connectivity index (χ0v) is 8.56. The highest BCUT2D eigenvalue weighted by Gasteiger charge is 2.27. The molecule has 6 nitrogen and oxygen atoms in total. The summed E-state index contributed by atoms with van der Waals surface area (Å²) in [6, 6.07) is 0. The minimum absolute atomic E-state index is 0.116. The number of ketones is 1. The van der Waals surface area contributed by atoms with Gasteiger partial charge in [0.25, 0.3) is 6.29 Å². The van der Waals surface area contributed by atoms with Gasteiger partial charge in [0.2, 0.25) is 5.76 Å². The Labute approximate surface area is 91.1 Å². The Kier molecular flexibility index (Phi) is 3.44. The molecule has 0 aliphatic carbocycles. The predicted octanol–water partition coefficient (Wildman–Crippen LogP) is 0.390. The second kappa shape index (κ2) is 4.61. The van der Waals surface area contributed by atoms with Crippen LogP contribution in [0.4, 0.5) is 0 Å². The fraction of sp³-hybridized carbons (Fsp3) is 0.300. The van der Waals surface area contributed by atoms with E-state index in [0.717, 1.165) is 6.08 Å². The number of cyclic esters (lactones) is 1. The first-order chi connectivity index (χ1) is 7.40. The first-order valence-electron chi connectivity index (χ1n) is 4.41. The first kappa shape index (κ1) is 12.0. The Hall–Kier alpha value is -2.11. The maximum Gasteiger partial charge on any atom is 0.376 e. The Morgan fingerprint density at radius 2 is 2.25 bits per heavy atom. The van der Waals surface area contributed by atoms with Crippen molar-refractivity contribution < 1.29 is 29.0 Å². The Morgan fingerprint density at radius 3 is 2.81 bits per heavy atom. The number of aliphatic hydroxyl groups excluding tert-OH is 1. The molecule has 0 saturated heterocycles. The van der Waals surface area contributed by atoms with E-state index in [1.54, 1.807) is 0 Å². The Bertz CT molecular complexity index is 392. The van der Waals surface area contributed by atoms with Crippen LogP contribution in [-0.4, -0.2) is 29.1 Å². The van der Waals surface area contributed by atoms with Gasteiger partial charge in [-0.25, -0.2) is 9.59 Å². The van der Waals surface area contributed by atoms with E-state index >= 15 is 0 Å². The number of esters is 2. The number of hydrogen-bond acceptors (Lipinski definition) is 6. The van der Waals surface area contributed by atoms with E-state index in [4.69, 9.17) is 5.11 Å². The summed E-state index contributed by atoms with van der Waals surface area (Å²) in [7, 11) is 0. The van der Waals surface area contributed by atoms with Crippen LogP contribution in [0, 0.1) is 0 Å². The lowest BCUT2D eigenvalue weighted by atomic mass is 10.2. The number of carbonyl (C=O) groups excluding carboxylic acids is 3. The molecule has 1 heterocycles. The molecule has 0 aromatic rings. The molecule has 0 bridgehead atoms. The van der Waals surface area contributed by atoms with Crippen molar-refractivity contribution in [3.05, 3.63) is 24.0 Å². The fourth-order valence-electron chi connectivity index (χ4n) is 0.942. The standard InChI is InChI=1S/C10H10O6/c1-5(2)9(13)15-8-4-6(11)3-7(12)10(14)16-8/h3,8,12H,1,4H2,2H3. The molecule has 1 unspecified atom stereocenters. The van der Waals surface area contributed by atoms with Crippen molar-refractivity contribution in [1.82, 2.24) is 0 Å². The number of ether oxygens (including phenoxy) is 2. The minimum atomic E-state index is -1.33. The van der Waals surface area contributed by atoms with Crippen LogP contribution in [0.5, 0.6) is 0 Å². The highest BCUT2D eigenvalue weighted by atomic mass is 16.7. The second-order valence-corrected chi connectivity index (χ2v) is 3.22. The molecular weight excluding hydrogens is 216 g/mol. The summed E-state index contributed by atoms with van der Waals surface area (Å²) >= 11 is 0. The monoisotopic (exact) mass is 226 g/mol. The normalized spacial score (nSPS) is 20.6. The smallest absolute Gasteiger partial charge is 0.376 e. The van der Waals surface area contributed by atoms with Crippen LogP contribution in [0.3, 0.4) is 0 Å². The highest BCUT2D eigenvalue weighted by molar-refractivity contribution is 5.99. The Morgan fingerprint density at radius 1 is 1.62 bits per heavy atom. The lowest BCUT2D eigenvalue weighted by Crippen LogP contribution is -2.25. The van der Waals surface area contributed by atoms with Crippen molar-refractivity contribution in [2.24, 2.45) is 0 Å². The third kappa shape index (κ3) is 2.94. The van der Waals surface area contributed by atoms with Crippen molar-refractivity contribution >= 4 is 17.7 Å². The molecule has 0 radical (unpaired) electrons. The number of aliphatic hydroxyl groups is 1. The SMILES string of the molecule is C=C(C)C(=O)OC1CC(=O)C=C(O)C(=O)O1. The number of rotatable bonds is 2. The van der Waals surface area contributed by atoms with Crippen LogP contribution in [0.2, 0.25) is 0 Å². The van der Waals surface area contributed by atoms with Crippen LogP contribution in [0.15, 0.2) is 24.0 Å². The summed E-state index contributed by atoms with van der Waals surface area (Å²) < 4.78 is 9.23. The van der Waals surface area contributed by atoms with Crippen molar-refractivity contribution in [3.63, 3.8) is 0 Å². The van der Waals surface area contributed by atoms with Gasteiger partial charge in [-0.1, -0.05) is 6.58 Å². The van der Waals surface area contributed by atoms with E-state index in [1.165, 1.54) is 6.92 Å². The zero-order valence-electron chi connectivity index (χ0n) is 8.56. The molecule has 1 aliphatic rings. The quantitative estimate of drug-likeness (QED) is 0.541. The van der Waals surface area contributed by atoms with Gasteiger partial charge >= 0.3 is 11.9 Å². The molecule has 1 aliphatic heterocycles. The van der Waals surface area contributed by atoms with Crippen LogP contribution in [0.25, 0.3) is 0 Å². The van der Waals surface area contributed by atoms with Crippen molar-refractivity contribution in [2.75, 3.05) is 0 Å². The molecule has 0 fully saturated rings. The molecular formula is C10H10O6. The predicted molar refractivity (Wildman–Crippen MR) is 51.1 cm³/mol. The van der Waals surface area contributed by atoms with Gasteiger partial charge in [-0.2, -0.15) is 0 Å². The van der Waals surface area contributed by atoms with E-state index < -0.39 is 29.8 Å². The molecule has 0 spiro atoms. The third-order valence-electron chi connectivity index (χ3n) is 1.70. The molecule has 1 atom stereocenters. The maximum atomic E-state index is 11.1. The number of carbonyl (C=O) groups is 3. The largest absolute Gasteiger partial charge is 0.502 e. The summed E-state index contributed by atoms with van der Waals surface area (Å²) in [5.74, 6) is -3.25. The van der Waals surface area contributed by atoms with Gasteiger partial charge in [-0.15, -0.1) is 0 Å². The summed E-state index contributed by atoms with van der Waals surface area (Å²) in [4.78, 5) is 33.2. The maximum absolute atomic E-state index is 11.1. The van der Waals surface area contributed by atoms with Gasteiger partial charge in [0.15, 0.2) is 5.78 Å². The summed E-state index contributed by atoms with van der Waals surface area (Å²) in [5, 5.41) is 9.00. The molecule has 1 N–H and O–H groups in total. The first-order valence-corrected chi connectivity index (χ1v) is 4.41. The van der Waals surface area contributed by atoms with Gasteiger partial charge in [0.1, 0.15) is 0 Å². The summed E-state index contributed by atoms with van der Waals surface area (Å²) in [6.45, 7) is 4.75. The molecule has 0 aromatic carbocycles. The topological polar surface area (TPSA) is 89.9 Å². The summed E-state index contributed by atoms with van der Waals surface area (Å²) in [5.41, 5.74) is 0.116. The molecule has 0 amide bonds. The molecule has 86 valence electrons. The average molecular weight is 226 g/mol. The minimum Gasteiger partial charge on any atom is -0.502 e. The highest BCUT2D eigenvalue weighted by Crippen LogP contribution is 2.12. The van der Waals surface area contributed by atoms with Gasteiger partial charge in [0.05, 0.1) is 6.42 Å². The van der Waals surface area contributed by atoms with Crippen LogP contribution in [0.1, 0.15) is 13.3 Å². The zero-order chi connectivity index (χ0) is 12.3. The van der Waals surface area contributed by atoms with Crippen molar-refractivity contribution in [1.29, 1.82) is 0 Å². The van der Waals surface area contributed by atoms with E-state index in [9.17, 15) is 14.4 Å². The van der Waals surface area contributed by atoms with Crippen LogP contribution >= 0.6 is 0 Å². The van der Waals surface area contributed by atoms with E-state index in [-0.39, 0.29) is 12.0 Å². The number of allylic oxidation sites excluding steroid dienone is 1. The van der Waals surface area contributed by atoms with Crippen molar-refractivity contribution in [3.8, 4) is 0 Å². The van der Waals surface area contributed by atoms with Gasteiger partial charge in [-0.3, -0.25) is 4.79 Å². The lowest BCUT2D eigenvalue weighted by Gasteiger charge is -2.14. The third-order valence-corrected chi connectivity index (χ3v) is 1.70. The molecule has 0 saturated carbocycles. The van der Waals surface area contributed by atoms with Crippen LogP contribution < -0.4 is 0 Å². The molecule has 1 rings (SSSR count). The van der Waals surface area contributed by atoms with Gasteiger partial charge < -0.3 is 14.6 Å². The van der Waals surface area contributed by atoms with Crippen molar-refractivity contribution in [2.45, 2.75) is 19.6 Å². The molecule has 0 aromatic heterocycles. The van der Waals surface area contributed by atoms with E-state index in [1.807, 2.05) is 0 Å². The number of hydrogen-bond donors (Lipinski definition) is 1. The fourth-order valence-corrected chi connectivity index (χ4v) is 0.942. The van der Waals surface area contributed by atoms with E-state index in [0.29, 0.717) is 0 Å².